The van der Waals surface area contributed by atoms with Crippen molar-refractivity contribution in [3.63, 3.8) is 0 Å². The first-order chi connectivity index (χ1) is 13.3. The standard InChI is InChI=1S/C21H27N5O/c1-27-19-9-3-2-8-18(19)25-16-14-24(15-17-25)12-6-4-10-20-22-21-11-5-7-13-26(21)23-20/h2-3,5,7-9,11,13H,4,6,10,12,14-17H2,1H3. The number of para-hydroxylation sites is 2. The Morgan fingerprint density at radius 2 is 1.78 bits per heavy atom. The van der Waals surface area contributed by atoms with Crippen LogP contribution in [0.15, 0.2) is 48.7 Å². The molecule has 27 heavy (non-hydrogen) atoms. The zero-order valence-corrected chi connectivity index (χ0v) is 15.9. The van der Waals surface area contributed by atoms with Crippen molar-refractivity contribution in [2.75, 3.05) is 44.7 Å². The molecule has 1 aromatic carbocycles. The van der Waals surface area contributed by atoms with Crippen molar-refractivity contribution >= 4 is 11.3 Å². The van der Waals surface area contributed by atoms with Gasteiger partial charge in [-0.05, 0) is 43.7 Å². The van der Waals surface area contributed by atoms with Crippen LogP contribution in [-0.4, -0.2) is 59.3 Å². The molecule has 0 atom stereocenters. The van der Waals surface area contributed by atoms with E-state index in [9.17, 15) is 0 Å². The highest BCUT2D eigenvalue weighted by Crippen LogP contribution is 2.28. The second-order valence-electron chi connectivity index (χ2n) is 6.99. The zero-order valence-electron chi connectivity index (χ0n) is 15.9. The minimum absolute atomic E-state index is 0.931. The molecule has 0 unspecified atom stereocenters. The molecule has 6 nitrogen and oxygen atoms in total. The Kier molecular flexibility index (Phi) is 5.53. The fourth-order valence-electron chi connectivity index (χ4n) is 3.71. The van der Waals surface area contributed by atoms with Gasteiger partial charge in [0.2, 0.25) is 0 Å². The van der Waals surface area contributed by atoms with Gasteiger partial charge in [0.1, 0.15) is 5.75 Å². The molecule has 0 radical (unpaired) electrons. The largest absolute Gasteiger partial charge is 0.495 e. The van der Waals surface area contributed by atoms with E-state index in [1.54, 1.807) is 7.11 Å². The number of rotatable bonds is 7. The van der Waals surface area contributed by atoms with Gasteiger partial charge in [-0.3, -0.25) is 4.90 Å². The zero-order chi connectivity index (χ0) is 18.5. The lowest BCUT2D eigenvalue weighted by Gasteiger charge is -2.36. The first-order valence-electron chi connectivity index (χ1n) is 9.74. The summed E-state index contributed by atoms with van der Waals surface area (Å²) in [5.41, 5.74) is 2.14. The third-order valence-corrected chi connectivity index (χ3v) is 5.21. The maximum Gasteiger partial charge on any atom is 0.155 e. The highest BCUT2D eigenvalue weighted by Gasteiger charge is 2.19. The third-order valence-electron chi connectivity index (χ3n) is 5.21. The molecule has 0 saturated carbocycles. The number of unbranched alkanes of at least 4 members (excludes halogenated alkanes) is 1. The Morgan fingerprint density at radius 3 is 2.59 bits per heavy atom. The number of ether oxygens (including phenoxy) is 1. The molecule has 1 saturated heterocycles. The van der Waals surface area contributed by atoms with Gasteiger partial charge in [0.05, 0.1) is 12.8 Å². The van der Waals surface area contributed by atoms with Gasteiger partial charge in [-0.25, -0.2) is 9.50 Å². The number of benzene rings is 1. The van der Waals surface area contributed by atoms with Gasteiger partial charge < -0.3 is 9.64 Å². The molecular weight excluding hydrogens is 338 g/mol. The van der Waals surface area contributed by atoms with Crippen LogP contribution in [0.3, 0.4) is 0 Å². The van der Waals surface area contributed by atoms with Gasteiger partial charge >= 0.3 is 0 Å². The van der Waals surface area contributed by atoms with E-state index in [1.807, 2.05) is 41.0 Å². The molecule has 1 aliphatic heterocycles. The minimum Gasteiger partial charge on any atom is -0.495 e. The lowest BCUT2D eigenvalue weighted by atomic mass is 10.2. The van der Waals surface area contributed by atoms with Crippen LogP contribution < -0.4 is 9.64 Å². The number of methoxy groups -OCH3 is 1. The Morgan fingerprint density at radius 1 is 0.963 bits per heavy atom. The molecule has 1 fully saturated rings. The summed E-state index contributed by atoms with van der Waals surface area (Å²) >= 11 is 0. The van der Waals surface area contributed by atoms with Crippen LogP contribution in [0.25, 0.3) is 5.65 Å². The van der Waals surface area contributed by atoms with Crippen LogP contribution in [0, 0.1) is 0 Å². The topological polar surface area (TPSA) is 45.9 Å². The summed E-state index contributed by atoms with van der Waals surface area (Å²) in [4.78, 5) is 9.56. The van der Waals surface area contributed by atoms with Gasteiger partial charge in [0.25, 0.3) is 0 Å². The van der Waals surface area contributed by atoms with E-state index in [0.29, 0.717) is 0 Å². The predicted octanol–water partition coefficient (Wildman–Crippen LogP) is 2.88. The van der Waals surface area contributed by atoms with E-state index in [2.05, 4.69) is 32.0 Å². The van der Waals surface area contributed by atoms with Crippen molar-refractivity contribution in [1.29, 1.82) is 0 Å². The fourth-order valence-corrected chi connectivity index (χ4v) is 3.71. The molecule has 1 aliphatic rings. The molecule has 0 N–H and O–H groups in total. The number of aryl methyl sites for hydroxylation is 1. The van der Waals surface area contributed by atoms with E-state index in [1.165, 1.54) is 12.1 Å². The second kappa shape index (κ2) is 8.39. The summed E-state index contributed by atoms with van der Waals surface area (Å²) in [6.45, 7) is 5.45. The van der Waals surface area contributed by atoms with Crippen LogP contribution in [0.1, 0.15) is 18.7 Å². The summed E-state index contributed by atoms with van der Waals surface area (Å²) < 4.78 is 7.35. The van der Waals surface area contributed by atoms with Crippen LogP contribution in [0.4, 0.5) is 5.69 Å². The highest BCUT2D eigenvalue weighted by molar-refractivity contribution is 5.58. The Labute approximate surface area is 160 Å². The van der Waals surface area contributed by atoms with Crippen LogP contribution in [0.5, 0.6) is 5.75 Å². The Balaban J connectivity index is 1.20. The third kappa shape index (κ3) is 4.22. The molecule has 0 aliphatic carbocycles. The molecule has 142 valence electrons. The first-order valence-corrected chi connectivity index (χ1v) is 9.74. The second-order valence-corrected chi connectivity index (χ2v) is 6.99. The maximum atomic E-state index is 5.50. The minimum atomic E-state index is 0.931. The van der Waals surface area contributed by atoms with E-state index >= 15 is 0 Å². The van der Waals surface area contributed by atoms with E-state index in [-0.39, 0.29) is 0 Å². The smallest absolute Gasteiger partial charge is 0.155 e. The monoisotopic (exact) mass is 365 g/mol. The number of hydrogen-bond acceptors (Lipinski definition) is 5. The number of pyridine rings is 1. The number of aromatic nitrogens is 3. The number of anilines is 1. The Bertz CT molecular complexity index is 837. The summed E-state index contributed by atoms with van der Waals surface area (Å²) in [6.07, 6.45) is 5.21. The van der Waals surface area contributed by atoms with Crippen molar-refractivity contribution in [3.05, 3.63) is 54.5 Å². The number of hydrogen-bond donors (Lipinski definition) is 0. The summed E-state index contributed by atoms with van der Waals surface area (Å²) in [5, 5.41) is 4.53. The quantitative estimate of drug-likeness (QED) is 0.603. The lowest BCUT2D eigenvalue weighted by molar-refractivity contribution is 0.252. The van der Waals surface area contributed by atoms with Gasteiger partial charge in [-0.1, -0.05) is 18.2 Å². The van der Waals surface area contributed by atoms with E-state index in [0.717, 1.165) is 62.8 Å². The molecule has 2 aromatic heterocycles. The number of piperazine rings is 1. The molecule has 0 bridgehead atoms. The summed E-state index contributed by atoms with van der Waals surface area (Å²) in [5.74, 6) is 1.91. The molecule has 6 heteroatoms. The molecular formula is C21H27N5O. The van der Waals surface area contributed by atoms with Crippen LogP contribution >= 0.6 is 0 Å². The summed E-state index contributed by atoms with van der Waals surface area (Å²) in [6, 6.07) is 14.3. The average Bonchev–Trinajstić information content (AvgIpc) is 3.14. The molecule has 3 heterocycles. The Hall–Kier alpha value is -2.60. The van der Waals surface area contributed by atoms with Crippen molar-refractivity contribution in [3.8, 4) is 5.75 Å². The van der Waals surface area contributed by atoms with Gasteiger partial charge in [0, 0.05) is 38.8 Å². The lowest BCUT2D eigenvalue weighted by Crippen LogP contribution is -2.46. The van der Waals surface area contributed by atoms with Crippen molar-refractivity contribution < 1.29 is 4.74 Å². The first kappa shape index (κ1) is 17.8. The number of fused-ring (bicyclic) bond motifs is 1. The predicted molar refractivity (Wildman–Crippen MR) is 108 cm³/mol. The van der Waals surface area contributed by atoms with Crippen molar-refractivity contribution in [2.45, 2.75) is 19.3 Å². The van der Waals surface area contributed by atoms with Crippen LogP contribution in [0.2, 0.25) is 0 Å². The number of nitrogens with zero attached hydrogens (tertiary/aromatic N) is 5. The van der Waals surface area contributed by atoms with Crippen molar-refractivity contribution in [2.24, 2.45) is 0 Å². The fraction of sp³-hybridized carbons (Fsp3) is 0.429. The molecule has 0 amide bonds. The SMILES string of the molecule is COc1ccccc1N1CCN(CCCCc2nc3ccccn3n2)CC1. The molecule has 3 aromatic rings. The molecule has 4 rings (SSSR count). The highest BCUT2D eigenvalue weighted by atomic mass is 16.5. The van der Waals surface area contributed by atoms with E-state index < -0.39 is 0 Å². The van der Waals surface area contributed by atoms with Crippen LogP contribution in [-0.2, 0) is 6.42 Å². The van der Waals surface area contributed by atoms with Gasteiger partial charge in [-0.15, -0.1) is 0 Å². The van der Waals surface area contributed by atoms with Gasteiger partial charge in [-0.2, -0.15) is 5.10 Å². The van der Waals surface area contributed by atoms with Crippen molar-refractivity contribution in [1.82, 2.24) is 19.5 Å². The molecule has 0 spiro atoms. The average molecular weight is 365 g/mol. The summed E-state index contributed by atoms with van der Waals surface area (Å²) in [7, 11) is 1.74. The maximum absolute atomic E-state index is 5.50. The van der Waals surface area contributed by atoms with Gasteiger partial charge in [0.15, 0.2) is 11.5 Å². The normalized spacial score (nSPS) is 15.4. The van der Waals surface area contributed by atoms with E-state index in [4.69, 9.17) is 4.74 Å².